The first-order valence-corrected chi connectivity index (χ1v) is 6.51. The minimum Gasteiger partial charge on any atom is -0.387 e. The van der Waals surface area contributed by atoms with Crippen molar-refractivity contribution < 1.29 is 5.11 Å². The Kier molecular flexibility index (Phi) is 5.34. The zero-order valence-electron chi connectivity index (χ0n) is 11.8. The van der Waals surface area contributed by atoms with E-state index in [0.717, 1.165) is 0 Å². The number of aryl methyl sites for hydroxylation is 1. The van der Waals surface area contributed by atoms with Crippen molar-refractivity contribution in [1.82, 2.24) is 14.7 Å². The lowest BCUT2D eigenvalue weighted by Gasteiger charge is -2.27. The molecule has 0 amide bonds. The summed E-state index contributed by atoms with van der Waals surface area (Å²) in [6.45, 7) is 4.78. The Morgan fingerprint density at radius 3 is 2.74 bits per heavy atom. The van der Waals surface area contributed by atoms with E-state index in [9.17, 15) is 9.90 Å². The van der Waals surface area contributed by atoms with Gasteiger partial charge in [-0.25, -0.2) is 4.68 Å². The Balaban J connectivity index is 2.79. The number of rotatable bonds is 6. The first-order valence-electron chi connectivity index (χ1n) is 6.13. The number of halogens is 1. The van der Waals surface area contributed by atoms with Gasteiger partial charge in [0.05, 0.1) is 17.5 Å². The summed E-state index contributed by atoms with van der Waals surface area (Å²) in [5, 5.41) is 17.2. The Morgan fingerprint density at radius 1 is 1.58 bits per heavy atom. The van der Waals surface area contributed by atoms with E-state index in [1.807, 2.05) is 25.9 Å². The smallest absolute Gasteiger partial charge is 0.287 e. The molecule has 0 aliphatic heterocycles. The standard InChI is InChI=1S/C12H21ClN4O2/c1-5-17-11(18)10(13)9(6-15-17)14-7-12(2,19)8-16(3)4/h6,14,19H,5,7-8H2,1-4H3. The summed E-state index contributed by atoms with van der Waals surface area (Å²) in [5.74, 6) is 0. The van der Waals surface area contributed by atoms with E-state index < -0.39 is 5.60 Å². The zero-order valence-corrected chi connectivity index (χ0v) is 12.5. The molecule has 0 aliphatic rings. The minimum absolute atomic E-state index is 0.0949. The van der Waals surface area contributed by atoms with Crippen LogP contribution in [0, 0.1) is 0 Å². The van der Waals surface area contributed by atoms with E-state index in [1.165, 1.54) is 10.9 Å². The topological polar surface area (TPSA) is 70.4 Å². The Bertz CT molecular complexity index is 485. The fraction of sp³-hybridized carbons (Fsp3) is 0.667. The third kappa shape index (κ3) is 4.49. The largest absolute Gasteiger partial charge is 0.387 e. The maximum absolute atomic E-state index is 11.8. The highest BCUT2D eigenvalue weighted by molar-refractivity contribution is 6.32. The van der Waals surface area contributed by atoms with Crippen LogP contribution >= 0.6 is 11.6 Å². The lowest BCUT2D eigenvalue weighted by molar-refractivity contribution is 0.0460. The molecule has 6 nitrogen and oxygen atoms in total. The molecule has 1 rings (SSSR count). The number of aliphatic hydroxyl groups is 1. The van der Waals surface area contributed by atoms with Gasteiger partial charge in [0.1, 0.15) is 5.02 Å². The molecule has 0 saturated heterocycles. The Morgan fingerprint density at radius 2 is 2.21 bits per heavy atom. The van der Waals surface area contributed by atoms with Crippen LogP contribution in [-0.4, -0.2) is 52.6 Å². The number of hydrogen-bond donors (Lipinski definition) is 2. The fourth-order valence-electron chi connectivity index (χ4n) is 1.84. The summed E-state index contributed by atoms with van der Waals surface area (Å²) >= 11 is 5.98. The third-order valence-corrected chi connectivity index (χ3v) is 2.97. The number of anilines is 1. The highest BCUT2D eigenvalue weighted by atomic mass is 35.5. The van der Waals surface area contributed by atoms with E-state index in [-0.39, 0.29) is 17.1 Å². The molecule has 19 heavy (non-hydrogen) atoms. The Labute approximate surface area is 118 Å². The average Bonchev–Trinajstić information content (AvgIpc) is 2.29. The van der Waals surface area contributed by atoms with E-state index in [2.05, 4.69) is 10.4 Å². The van der Waals surface area contributed by atoms with Gasteiger partial charge in [0.15, 0.2) is 0 Å². The van der Waals surface area contributed by atoms with Crippen LogP contribution in [0.5, 0.6) is 0 Å². The SMILES string of the molecule is CCn1ncc(NCC(C)(O)CN(C)C)c(Cl)c1=O. The molecule has 7 heteroatoms. The molecule has 1 aromatic rings. The summed E-state index contributed by atoms with van der Waals surface area (Å²) in [4.78, 5) is 13.7. The van der Waals surface area contributed by atoms with Gasteiger partial charge in [-0.2, -0.15) is 5.10 Å². The zero-order chi connectivity index (χ0) is 14.6. The van der Waals surface area contributed by atoms with Gasteiger partial charge in [0, 0.05) is 19.6 Å². The lowest BCUT2D eigenvalue weighted by Crippen LogP contribution is -2.43. The number of nitrogens with one attached hydrogen (secondary N) is 1. The van der Waals surface area contributed by atoms with Gasteiger partial charge in [-0.3, -0.25) is 4.79 Å². The van der Waals surface area contributed by atoms with Crippen LogP contribution in [0.25, 0.3) is 0 Å². The van der Waals surface area contributed by atoms with Gasteiger partial charge in [0.2, 0.25) is 0 Å². The number of hydrogen-bond acceptors (Lipinski definition) is 5. The molecule has 0 bridgehead atoms. The quantitative estimate of drug-likeness (QED) is 0.804. The maximum atomic E-state index is 11.8. The average molecular weight is 289 g/mol. The summed E-state index contributed by atoms with van der Waals surface area (Å²) in [6.07, 6.45) is 1.50. The van der Waals surface area contributed by atoms with Crippen molar-refractivity contribution in [1.29, 1.82) is 0 Å². The lowest BCUT2D eigenvalue weighted by atomic mass is 10.1. The molecule has 0 saturated carbocycles. The normalized spacial score (nSPS) is 14.5. The number of aromatic nitrogens is 2. The molecule has 0 aromatic carbocycles. The fourth-order valence-corrected chi connectivity index (χ4v) is 2.05. The van der Waals surface area contributed by atoms with Gasteiger partial charge in [-0.1, -0.05) is 11.6 Å². The second kappa shape index (κ2) is 6.36. The van der Waals surface area contributed by atoms with Crippen LogP contribution in [0.15, 0.2) is 11.0 Å². The van der Waals surface area contributed by atoms with E-state index in [4.69, 9.17) is 11.6 Å². The molecular weight excluding hydrogens is 268 g/mol. The van der Waals surface area contributed by atoms with Gasteiger partial charge >= 0.3 is 0 Å². The molecule has 0 spiro atoms. The highest BCUT2D eigenvalue weighted by Crippen LogP contribution is 2.16. The molecule has 1 atom stereocenters. The third-order valence-electron chi connectivity index (χ3n) is 2.60. The van der Waals surface area contributed by atoms with Crippen molar-refractivity contribution >= 4 is 17.3 Å². The first kappa shape index (κ1) is 15.9. The van der Waals surface area contributed by atoms with E-state index >= 15 is 0 Å². The van der Waals surface area contributed by atoms with Crippen LogP contribution in [0.1, 0.15) is 13.8 Å². The molecule has 1 unspecified atom stereocenters. The number of likely N-dealkylation sites (N-methyl/N-ethyl adjacent to an activating group) is 1. The van der Waals surface area contributed by atoms with Gasteiger partial charge in [-0.15, -0.1) is 0 Å². The second-order valence-corrected chi connectivity index (χ2v) is 5.46. The van der Waals surface area contributed by atoms with Gasteiger partial charge in [-0.05, 0) is 27.9 Å². The molecule has 108 valence electrons. The van der Waals surface area contributed by atoms with Gasteiger partial charge < -0.3 is 15.3 Å². The molecule has 1 aromatic heterocycles. The van der Waals surface area contributed by atoms with Crippen molar-refractivity contribution in [3.8, 4) is 0 Å². The van der Waals surface area contributed by atoms with Crippen LogP contribution in [-0.2, 0) is 6.54 Å². The van der Waals surface area contributed by atoms with Crippen molar-refractivity contribution in [2.45, 2.75) is 26.0 Å². The summed E-state index contributed by atoms with van der Waals surface area (Å²) in [7, 11) is 3.76. The van der Waals surface area contributed by atoms with Crippen LogP contribution in [0.2, 0.25) is 5.02 Å². The predicted molar refractivity (Wildman–Crippen MR) is 76.8 cm³/mol. The molecule has 0 radical (unpaired) electrons. The summed E-state index contributed by atoms with van der Waals surface area (Å²) in [5.41, 5.74) is -0.816. The van der Waals surface area contributed by atoms with Crippen molar-refractivity contribution in [2.75, 3.05) is 32.5 Å². The van der Waals surface area contributed by atoms with E-state index in [1.54, 1.807) is 6.92 Å². The summed E-state index contributed by atoms with van der Waals surface area (Å²) in [6, 6.07) is 0. The van der Waals surface area contributed by atoms with Crippen molar-refractivity contribution in [2.24, 2.45) is 0 Å². The maximum Gasteiger partial charge on any atom is 0.287 e. The molecule has 2 N–H and O–H groups in total. The molecule has 0 aliphatic carbocycles. The van der Waals surface area contributed by atoms with Crippen molar-refractivity contribution in [3.63, 3.8) is 0 Å². The van der Waals surface area contributed by atoms with Crippen molar-refractivity contribution in [3.05, 3.63) is 21.6 Å². The van der Waals surface area contributed by atoms with Crippen LogP contribution < -0.4 is 10.9 Å². The Hall–Kier alpha value is -1.11. The van der Waals surface area contributed by atoms with Crippen LogP contribution in [0.4, 0.5) is 5.69 Å². The predicted octanol–water partition coefficient (Wildman–Crippen LogP) is 0.641. The minimum atomic E-state index is -0.924. The monoisotopic (exact) mass is 288 g/mol. The van der Waals surface area contributed by atoms with Crippen LogP contribution in [0.3, 0.4) is 0 Å². The number of nitrogens with zero attached hydrogens (tertiary/aromatic N) is 3. The second-order valence-electron chi connectivity index (χ2n) is 5.08. The summed E-state index contributed by atoms with van der Waals surface area (Å²) < 4.78 is 1.28. The molecule has 0 fully saturated rings. The first-order chi connectivity index (χ1) is 8.76. The van der Waals surface area contributed by atoms with Gasteiger partial charge in [0.25, 0.3) is 5.56 Å². The molecule has 1 heterocycles. The molecular formula is C12H21ClN4O2. The van der Waals surface area contributed by atoms with E-state index in [0.29, 0.717) is 18.8 Å². The highest BCUT2D eigenvalue weighted by Gasteiger charge is 2.21.